The van der Waals surface area contributed by atoms with Gasteiger partial charge in [0.25, 0.3) is 0 Å². The summed E-state index contributed by atoms with van der Waals surface area (Å²) in [4.78, 5) is 11.6. The van der Waals surface area contributed by atoms with Crippen LogP contribution in [0.4, 0.5) is 0 Å². The third kappa shape index (κ3) is 4.94. The molecule has 186 valence electrons. The summed E-state index contributed by atoms with van der Waals surface area (Å²) in [7, 11) is 0. The molecule has 3 aromatic rings. The maximum Gasteiger partial charge on any atom is 0.235 e. The van der Waals surface area contributed by atoms with E-state index in [9.17, 15) is 20.1 Å². The highest BCUT2D eigenvalue weighted by Gasteiger charge is 2.45. The van der Waals surface area contributed by atoms with E-state index >= 15 is 0 Å². The lowest BCUT2D eigenvalue weighted by atomic mass is 9.97. The van der Waals surface area contributed by atoms with E-state index in [1.165, 1.54) is 18.4 Å². The fourth-order valence-electron chi connectivity index (χ4n) is 4.83. The Hall–Kier alpha value is -2.13. The lowest BCUT2D eigenvalue weighted by Crippen LogP contribution is -2.58. The molecule has 0 spiro atoms. The van der Waals surface area contributed by atoms with Crippen LogP contribution in [0.1, 0.15) is 41.7 Å². The first-order chi connectivity index (χ1) is 16.9. The number of hydrogen-bond acceptors (Lipinski definition) is 5. The minimum atomic E-state index is -1.47. The molecule has 2 aliphatic rings. The second-order valence-electron chi connectivity index (χ2n) is 9.36. The van der Waals surface area contributed by atoms with Crippen LogP contribution >= 0.6 is 23.2 Å². The summed E-state index contributed by atoms with van der Waals surface area (Å²) < 4.78 is 7.77. The number of nitrogens with one attached hydrogen (secondary N) is 1. The van der Waals surface area contributed by atoms with E-state index in [1.807, 2.05) is 24.4 Å². The van der Waals surface area contributed by atoms with E-state index in [0.29, 0.717) is 17.4 Å². The molecule has 1 aliphatic carbocycles. The molecule has 9 heteroatoms. The Labute approximate surface area is 213 Å². The third-order valence-electron chi connectivity index (χ3n) is 6.89. The van der Waals surface area contributed by atoms with Crippen molar-refractivity contribution in [1.82, 2.24) is 9.88 Å². The molecule has 2 fully saturated rings. The van der Waals surface area contributed by atoms with Crippen molar-refractivity contribution >= 4 is 40.0 Å². The molecule has 0 radical (unpaired) electrons. The average Bonchev–Trinajstić information content (AvgIpc) is 3.65. The van der Waals surface area contributed by atoms with Crippen molar-refractivity contribution in [2.24, 2.45) is 0 Å². The minimum absolute atomic E-state index is 0.0623. The maximum atomic E-state index is 11.6. The number of ether oxygens (including phenoxy) is 1. The van der Waals surface area contributed by atoms with Gasteiger partial charge in [-0.2, -0.15) is 0 Å². The van der Waals surface area contributed by atoms with Gasteiger partial charge in [-0.3, -0.25) is 4.79 Å². The molecule has 1 aromatic heterocycles. The molecule has 1 saturated heterocycles. The fourth-order valence-corrected chi connectivity index (χ4v) is 5.21. The average molecular weight is 519 g/mol. The molecule has 0 bridgehead atoms. The van der Waals surface area contributed by atoms with Crippen LogP contribution in [0.5, 0.6) is 0 Å². The molecule has 0 unspecified atom stereocenters. The number of carbonyl (C=O) groups is 1. The van der Waals surface area contributed by atoms with Crippen molar-refractivity contribution in [2.45, 2.75) is 55.8 Å². The Morgan fingerprint density at radius 2 is 1.80 bits per heavy atom. The first-order valence-electron chi connectivity index (χ1n) is 11.8. The third-order valence-corrected chi connectivity index (χ3v) is 7.45. The predicted octanol–water partition coefficient (Wildman–Crippen LogP) is 3.10. The monoisotopic (exact) mass is 518 g/mol. The molecule has 4 N–H and O–H groups in total. The molecule has 35 heavy (non-hydrogen) atoms. The first-order valence-corrected chi connectivity index (χ1v) is 12.7. The normalized spacial score (nSPS) is 26.7. The number of amides is 1. The van der Waals surface area contributed by atoms with Crippen LogP contribution in [-0.2, 0) is 16.0 Å². The van der Waals surface area contributed by atoms with Crippen molar-refractivity contribution in [3.05, 3.63) is 70.4 Å². The zero-order valence-corrected chi connectivity index (χ0v) is 20.5. The minimum Gasteiger partial charge on any atom is -0.388 e. The van der Waals surface area contributed by atoms with Crippen molar-refractivity contribution in [1.29, 1.82) is 0 Å². The van der Waals surface area contributed by atoms with Gasteiger partial charge in [0.2, 0.25) is 5.91 Å². The molecule has 5 atom stereocenters. The van der Waals surface area contributed by atoms with Gasteiger partial charge in [0.15, 0.2) is 6.23 Å². The lowest BCUT2D eigenvalue weighted by Gasteiger charge is -2.41. The number of aliphatic hydroxyl groups is 3. The highest BCUT2D eigenvalue weighted by Crippen LogP contribution is 2.40. The van der Waals surface area contributed by atoms with Crippen molar-refractivity contribution in [2.75, 3.05) is 12.4 Å². The molecule has 2 heterocycles. The van der Waals surface area contributed by atoms with Crippen LogP contribution in [0.15, 0.2) is 48.7 Å². The highest BCUT2D eigenvalue weighted by molar-refractivity contribution is 6.35. The Kier molecular flexibility index (Phi) is 7.08. The van der Waals surface area contributed by atoms with Crippen LogP contribution in [0.2, 0.25) is 5.02 Å². The molecule has 1 saturated carbocycles. The fraction of sp³-hybridized carbons (Fsp3) is 0.423. The first kappa shape index (κ1) is 24.6. The van der Waals surface area contributed by atoms with Gasteiger partial charge in [0, 0.05) is 18.1 Å². The zero-order chi connectivity index (χ0) is 24.7. The summed E-state index contributed by atoms with van der Waals surface area (Å²) in [5, 5.41) is 35.8. The Morgan fingerprint density at radius 3 is 2.49 bits per heavy atom. The second kappa shape index (κ2) is 10.1. The predicted molar refractivity (Wildman–Crippen MR) is 134 cm³/mol. The molecular formula is C26H28Cl2N2O5. The van der Waals surface area contributed by atoms with Gasteiger partial charge >= 0.3 is 0 Å². The molecule has 2 aromatic carbocycles. The zero-order valence-electron chi connectivity index (χ0n) is 19.0. The number of fused-ring (bicyclic) bond motifs is 1. The number of aromatic nitrogens is 1. The van der Waals surface area contributed by atoms with Gasteiger partial charge in [0.1, 0.15) is 30.3 Å². The second-order valence-corrected chi connectivity index (χ2v) is 10.0. The van der Waals surface area contributed by atoms with Gasteiger partial charge in [-0.05, 0) is 54.0 Å². The van der Waals surface area contributed by atoms with E-state index in [1.54, 1.807) is 4.57 Å². The van der Waals surface area contributed by atoms with Crippen LogP contribution in [0.25, 0.3) is 10.9 Å². The number of benzene rings is 2. The quantitative estimate of drug-likeness (QED) is 0.360. The van der Waals surface area contributed by atoms with Crippen molar-refractivity contribution in [3.8, 4) is 0 Å². The molecular weight excluding hydrogens is 491 g/mol. The van der Waals surface area contributed by atoms with Crippen LogP contribution in [0.3, 0.4) is 0 Å². The number of rotatable bonds is 7. The van der Waals surface area contributed by atoms with Gasteiger partial charge in [-0.15, -0.1) is 11.6 Å². The van der Waals surface area contributed by atoms with Crippen molar-refractivity contribution < 1.29 is 24.9 Å². The summed E-state index contributed by atoms with van der Waals surface area (Å²) in [6.45, 7) is -0.0623. The summed E-state index contributed by atoms with van der Waals surface area (Å²) in [5.74, 6) is 0.0329. The van der Waals surface area contributed by atoms with Crippen LogP contribution in [0, 0.1) is 0 Å². The number of hydrogen-bond donors (Lipinski definition) is 4. The Morgan fingerprint density at radius 1 is 1.06 bits per heavy atom. The summed E-state index contributed by atoms with van der Waals surface area (Å²) >= 11 is 12.1. The van der Waals surface area contributed by atoms with E-state index in [-0.39, 0.29) is 12.4 Å². The van der Waals surface area contributed by atoms with Gasteiger partial charge in [0.05, 0.1) is 10.5 Å². The van der Waals surface area contributed by atoms with Gasteiger partial charge in [-0.1, -0.05) is 41.9 Å². The van der Waals surface area contributed by atoms with E-state index in [0.717, 1.165) is 22.0 Å². The summed E-state index contributed by atoms with van der Waals surface area (Å²) in [5.41, 5.74) is 4.19. The topological polar surface area (TPSA) is 104 Å². The lowest BCUT2D eigenvalue weighted by molar-refractivity contribution is -0.242. The largest absolute Gasteiger partial charge is 0.388 e. The molecule has 1 amide bonds. The van der Waals surface area contributed by atoms with E-state index in [2.05, 4.69) is 29.6 Å². The maximum absolute atomic E-state index is 11.6. The molecule has 1 aliphatic heterocycles. The van der Waals surface area contributed by atoms with Gasteiger partial charge < -0.3 is 29.9 Å². The molecule has 5 rings (SSSR count). The number of aliphatic hydroxyl groups excluding tert-OH is 3. The summed E-state index contributed by atoms with van der Waals surface area (Å²) in [6, 6.07) is 14.1. The number of carbonyl (C=O) groups excluding carboxylic acids is 1. The SMILES string of the molecule is O=C(CCl)NC[C@H]1O[C@@H](n2cc(Cc3ccc(C4CC4)cc3)c3c(Cl)cccc32)[C@H](O)[C@@H](O)[C@@H]1O. The summed E-state index contributed by atoms with van der Waals surface area (Å²) in [6.07, 6.45) is -1.19. The molecule has 7 nitrogen and oxygen atoms in total. The number of halogens is 2. The van der Waals surface area contributed by atoms with E-state index < -0.39 is 36.6 Å². The standard InChI is InChI=1S/C26H28Cl2N2O5/c27-11-21(31)29-12-20-23(32)24(33)25(34)26(35-20)30-13-17(22-18(28)2-1-3-19(22)30)10-14-4-6-15(7-5-14)16-8-9-16/h1-7,13,16,20,23-26,32-34H,8-12H2,(H,29,31)/t20-,23-,24+,25-,26-/m1/s1. The number of alkyl halides is 1. The number of nitrogens with zero attached hydrogens (tertiary/aromatic N) is 1. The van der Waals surface area contributed by atoms with Gasteiger partial charge in [-0.25, -0.2) is 0 Å². The smallest absolute Gasteiger partial charge is 0.235 e. The van der Waals surface area contributed by atoms with Crippen molar-refractivity contribution in [3.63, 3.8) is 0 Å². The Balaban J connectivity index is 1.47. The van der Waals surface area contributed by atoms with Crippen LogP contribution in [-0.4, -0.2) is 62.6 Å². The highest BCUT2D eigenvalue weighted by atomic mass is 35.5. The van der Waals surface area contributed by atoms with Crippen LogP contribution < -0.4 is 5.32 Å². The Bertz CT molecular complexity index is 1210. The van der Waals surface area contributed by atoms with E-state index in [4.69, 9.17) is 27.9 Å².